The smallest absolute Gasteiger partial charge is 0.256 e. The molecule has 0 saturated heterocycles. The fourth-order valence-corrected chi connectivity index (χ4v) is 3.20. The molecular formula is C20H23ClN4O3. The van der Waals surface area contributed by atoms with E-state index in [1.165, 1.54) is 18.7 Å². The molecule has 0 bridgehead atoms. The number of amides is 2. The lowest BCUT2D eigenvalue weighted by molar-refractivity contribution is 0.0744. The van der Waals surface area contributed by atoms with Gasteiger partial charge in [0.25, 0.3) is 11.8 Å². The third-order valence-electron chi connectivity index (χ3n) is 4.50. The lowest BCUT2D eigenvalue weighted by atomic mass is 10.1. The van der Waals surface area contributed by atoms with Gasteiger partial charge in [0.2, 0.25) is 0 Å². The average Bonchev–Trinajstić information content (AvgIpc) is 2.72. The van der Waals surface area contributed by atoms with Crippen LogP contribution in [0.4, 0.5) is 0 Å². The van der Waals surface area contributed by atoms with Crippen LogP contribution in [-0.4, -0.2) is 52.9 Å². The van der Waals surface area contributed by atoms with Crippen LogP contribution in [0.2, 0.25) is 5.02 Å². The number of rotatable bonds is 1. The summed E-state index contributed by atoms with van der Waals surface area (Å²) in [6.07, 6.45) is 7.59. The summed E-state index contributed by atoms with van der Waals surface area (Å²) in [4.78, 5) is 34.8. The lowest BCUT2D eigenvalue weighted by Gasteiger charge is -2.23. The Hall–Kier alpha value is -2.67. The molecule has 2 aromatic rings. The highest BCUT2D eigenvalue weighted by Crippen LogP contribution is 2.23. The van der Waals surface area contributed by atoms with Gasteiger partial charge in [0.05, 0.1) is 17.7 Å². The van der Waals surface area contributed by atoms with Gasteiger partial charge in [-0.1, -0.05) is 11.6 Å². The maximum atomic E-state index is 12.7. The first-order valence-corrected chi connectivity index (χ1v) is 9.78. The number of hydrogen-bond donors (Lipinski definition) is 1. The van der Waals surface area contributed by atoms with Crippen LogP contribution >= 0.6 is 11.6 Å². The van der Waals surface area contributed by atoms with Crippen molar-refractivity contribution < 1.29 is 14.3 Å². The summed E-state index contributed by atoms with van der Waals surface area (Å²) >= 11 is 6.03. The molecule has 0 fully saturated rings. The Bertz CT molecular complexity index is 816. The Labute approximate surface area is 169 Å². The maximum Gasteiger partial charge on any atom is 0.256 e. The minimum atomic E-state index is -0.205. The number of carbonyl (C=O) groups is 2. The predicted octanol–water partition coefficient (Wildman–Crippen LogP) is 2.96. The van der Waals surface area contributed by atoms with E-state index in [0.29, 0.717) is 48.1 Å². The van der Waals surface area contributed by atoms with Gasteiger partial charge in [-0.3, -0.25) is 9.59 Å². The number of benzene rings is 1. The van der Waals surface area contributed by atoms with Crippen LogP contribution < -0.4 is 10.1 Å². The van der Waals surface area contributed by atoms with Crippen molar-refractivity contribution in [3.63, 3.8) is 0 Å². The summed E-state index contributed by atoms with van der Waals surface area (Å²) in [5.74, 6) is 0.245. The van der Waals surface area contributed by atoms with Crippen molar-refractivity contribution in [2.24, 2.45) is 0 Å². The van der Waals surface area contributed by atoms with Gasteiger partial charge < -0.3 is 15.0 Å². The van der Waals surface area contributed by atoms with Crippen LogP contribution in [-0.2, 0) is 0 Å². The number of nitrogens with one attached hydrogen (secondary N) is 1. The van der Waals surface area contributed by atoms with Gasteiger partial charge in [0.15, 0.2) is 0 Å². The van der Waals surface area contributed by atoms with Gasteiger partial charge >= 0.3 is 0 Å². The van der Waals surface area contributed by atoms with Gasteiger partial charge in [-0.2, -0.15) is 0 Å². The summed E-state index contributed by atoms with van der Waals surface area (Å²) in [7, 11) is 0. The molecule has 1 aromatic heterocycles. The monoisotopic (exact) mass is 402 g/mol. The van der Waals surface area contributed by atoms with E-state index < -0.39 is 0 Å². The first kappa shape index (κ1) is 20.1. The molecule has 1 aliphatic rings. The molecule has 7 nitrogen and oxygen atoms in total. The molecule has 0 aliphatic carbocycles. The molecule has 1 N–H and O–H groups in total. The van der Waals surface area contributed by atoms with E-state index in [1.54, 1.807) is 18.2 Å². The molecule has 2 heterocycles. The molecule has 8 heteroatoms. The molecule has 0 radical (unpaired) electrons. The molecule has 2 amide bonds. The molecule has 3 rings (SSSR count). The van der Waals surface area contributed by atoms with E-state index in [9.17, 15) is 9.59 Å². The molecule has 0 saturated carbocycles. The molecule has 28 heavy (non-hydrogen) atoms. The minimum absolute atomic E-state index is 0.0716. The van der Waals surface area contributed by atoms with Gasteiger partial charge in [0.1, 0.15) is 12.1 Å². The number of halogens is 1. The van der Waals surface area contributed by atoms with Crippen molar-refractivity contribution in [2.45, 2.75) is 25.7 Å². The molecule has 148 valence electrons. The van der Waals surface area contributed by atoms with Crippen LogP contribution in [0.5, 0.6) is 5.75 Å². The van der Waals surface area contributed by atoms with Crippen LogP contribution in [0.25, 0.3) is 0 Å². The van der Waals surface area contributed by atoms with Crippen molar-refractivity contribution in [3.8, 4) is 5.75 Å². The van der Waals surface area contributed by atoms with Crippen molar-refractivity contribution in [1.29, 1.82) is 0 Å². The highest BCUT2D eigenvalue weighted by molar-refractivity contribution is 6.31. The zero-order chi connectivity index (χ0) is 19.8. The van der Waals surface area contributed by atoms with Crippen LogP contribution in [0, 0.1) is 0 Å². The summed E-state index contributed by atoms with van der Waals surface area (Å²) in [6, 6.07) is 5.05. The van der Waals surface area contributed by atoms with Crippen LogP contribution in [0.15, 0.2) is 36.9 Å². The quantitative estimate of drug-likeness (QED) is 0.792. The fourth-order valence-electron chi connectivity index (χ4n) is 3.02. The van der Waals surface area contributed by atoms with E-state index in [4.69, 9.17) is 16.3 Å². The molecule has 1 aromatic carbocycles. The Morgan fingerprint density at radius 2 is 1.86 bits per heavy atom. The van der Waals surface area contributed by atoms with Crippen molar-refractivity contribution >= 4 is 23.4 Å². The number of nitrogens with zero attached hydrogens (tertiary/aromatic N) is 3. The third kappa shape index (κ3) is 5.42. The Balaban J connectivity index is 1.67. The third-order valence-corrected chi connectivity index (χ3v) is 4.74. The summed E-state index contributed by atoms with van der Waals surface area (Å²) in [5.41, 5.74) is 0.935. The Kier molecular flexibility index (Phi) is 7.19. The summed E-state index contributed by atoms with van der Waals surface area (Å²) in [6.45, 7) is 2.23. The highest BCUT2D eigenvalue weighted by atomic mass is 35.5. The second-order valence-corrected chi connectivity index (χ2v) is 7.01. The first-order valence-electron chi connectivity index (χ1n) is 9.40. The van der Waals surface area contributed by atoms with E-state index in [-0.39, 0.29) is 11.8 Å². The number of aromatic nitrogens is 2. The van der Waals surface area contributed by atoms with Crippen molar-refractivity contribution in [2.75, 3.05) is 26.2 Å². The lowest BCUT2D eigenvalue weighted by Crippen LogP contribution is -2.34. The summed E-state index contributed by atoms with van der Waals surface area (Å²) in [5, 5.41) is 3.39. The van der Waals surface area contributed by atoms with E-state index in [1.807, 2.05) is 4.90 Å². The number of carbonyl (C=O) groups excluding carboxylic acids is 2. The number of ether oxygens (including phenoxy) is 1. The fraction of sp³-hybridized carbons (Fsp3) is 0.400. The largest absolute Gasteiger partial charge is 0.493 e. The molecular weight excluding hydrogens is 380 g/mol. The van der Waals surface area contributed by atoms with Crippen LogP contribution in [0.1, 0.15) is 46.4 Å². The molecule has 1 aliphatic heterocycles. The highest BCUT2D eigenvalue weighted by Gasteiger charge is 2.17. The SMILES string of the molecule is O=C1NCCCCN(C(=O)c2cncnc2)CCCCOc2ccc(Cl)cc21. The second-order valence-electron chi connectivity index (χ2n) is 6.58. The minimum Gasteiger partial charge on any atom is -0.493 e. The predicted molar refractivity (Wildman–Crippen MR) is 106 cm³/mol. The number of hydrogen-bond acceptors (Lipinski definition) is 5. The molecule has 0 unspecified atom stereocenters. The Morgan fingerprint density at radius 1 is 1.11 bits per heavy atom. The van der Waals surface area contributed by atoms with Gasteiger partial charge in [0, 0.05) is 37.1 Å². The van der Waals surface area contributed by atoms with E-state index in [2.05, 4.69) is 15.3 Å². The molecule has 0 spiro atoms. The van der Waals surface area contributed by atoms with Crippen molar-refractivity contribution in [1.82, 2.24) is 20.2 Å². The average molecular weight is 403 g/mol. The van der Waals surface area contributed by atoms with E-state index in [0.717, 1.165) is 25.7 Å². The van der Waals surface area contributed by atoms with Gasteiger partial charge in [-0.15, -0.1) is 0 Å². The standard InChI is InChI=1S/C20H23ClN4O3/c21-16-5-6-18-17(11-16)19(26)24-7-1-2-8-25(9-3-4-10-28-18)20(27)15-12-22-14-23-13-15/h5-6,11-14H,1-4,7-10H2,(H,24,26). The second kappa shape index (κ2) is 10.0. The Morgan fingerprint density at radius 3 is 2.64 bits per heavy atom. The summed E-state index contributed by atoms with van der Waals surface area (Å²) < 4.78 is 5.80. The normalized spacial score (nSPS) is 16.3. The topological polar surface area (TPSA) is 84.4 Å². The zero-order valence-corrected chi connectivity index (χ0v) is 16.3. The maximum absolute atomic E-state index is 12.7. The van der Waals surface area contributed by atoms with Gasteiger partial charge in [-0.25, -0.2) is 9.97 Å². The molecule has 0 atom stereocenters. The number of fused-ring (bicyclic) bond motifs is 1. The zero-order valence-electron chi connectivity index (χ0n) is 15.6. The van der Waals surface area contributed by atoms with E-state index >= 15 is 0 Å². The van der Waals surface area contributed by atoms with Crippen molar-refractivity contribution in [3.05, 3.63) is 53.1 Å². The van der Waals surface area contributed by atoms with Gasteiger partial charge in [-0.05, 0) is 43.9 Å². The first-order chi connectivity index (χ1) is 13.6. The van der Waals surface area contributed by atoms with Crippen LogP contribution in [0.3, 0.4) is 0 Å².